The number of para-hydroxylation sites is 1. The number of nitrogens with one attached hydrogen (secondary N) is 3. The Morgan fingerprint density at radius 1 is 0.790 bits per heavy atom. The van der Waals surface area contributed by atoms with Gasteiger partial charge in [0.25, 0.3) is 0 Å². The van der Waals surface area contributed by atoms with Crippen LogP contribution in [0.3, 0.4) is 0 Å². The van der Waals surface area contributed by atoms with Crippen molar-refractivity contribution >= 4 is 57.9 Å². The van der Waals surface area contributed by atoms with Crippen LogP contribution in [-0.4, -0.2) is 137 Å². The number of piperidine rings is 3. The van der Waals surface area contributed by atoms with Crippen LogP contribution in [0.5, 0.6) is 11.5 Å². The summed E-state index contributed by atoms with van der Waals surface area (Å²) in [4.78, 5) is 91.2. The second-order valence-electron chi connectivity index (χ2n) is 22.9. The van der Waals surface area contributed by atoms with Crippen LogP contribution in [0.1, 0.15) is 99.2 Å². The van der Waals surface area contributed by atoms with E-state index < -0.39 is 17.6 Å². The number of halogens is 2. The van der Waals surface area contributed by atoms with Gasteiger partial charge in [0.05, 0.1) is 41.2 Å². The third-order valence-corrected chi connectivity index (χ3v) is 18.2. The molecule has 18 nitrogen and oxygen atoms in total. The van der Waals surface area contributed by atoms with Crippen molar-refractivity contribution in [2.45, 2.75) is 94.1 Å². The number of fused-ring (bicyclic) bond motifs is 6. The van der Waals surface area contributed by atoms with Crippen LogP contribution in [0.2, 0.25) is 0 Å². The molecule has 2 atom stereocenters. The van der Waals surface area contributed by atoms with Crippen molar-refractivity contribution in [3.05, 3.63) is 102 Å². The lowest BCUT2D eigenvalue weighted by Crippen LogP contribution is -2.60. The van der Waals surface area contributed by atoms with E-state index in [2.05, 4.69) is 36.8 Å². The smallest absolute Gasteiger partial charge is 0.369 e. The highest BCUT2D eigenvalue weighted by molar-refractivity contribution is 6.02. The van der Waals surface area contributed by atoms with Crippen molar-refractivity contribution < 1.29 is 47.0 Å². The molecule has 0 bridgehead atoms. The van der Waals surface area contributed by atoms with Crippen LogP contribution in [0.4, 0.5) is 20.3 Å². The third-order valence-electron chi connectivity index (χ3n) is 18.2. The number of hydrogen-bond donors (Lipinski definition) is 3. The predicted octanol–water partition coefficient (Wildman–Crippen LogP) is 6.89. The van der Waals surface area contributed by atoms with Gasteiger partial charge in [0, 0.05) is 125 Å². The molecule has 7 aliphatic rings. The highest BCUT2D eigenvalue weighted by Crippen LogP contribution is 2.53. The van der Waals surface area contributed by atoms with Crippen molar-refractivity contribution in [2.75, 3.05) is 82.3 Å². The molecule has 3 N–H and O–H groups in total. The Balaban J connectivity index is 0.569. The standard InChI is InChI=1S/C61H66F2N10O8/c62-61(63)60(81-52-7-2-1-5-46(52)51-33-47-41(35-64)4-3-6-50(47)73(51)61)20-25-71(26-21-60)59(79)48-34-55(75)67-49-32-43(13-14-45(48)49)80-31-22-65-56(76)39-8-10-40(11-9-39)58(78)72-29-27-69(28-30-72)37-38-18-23-70(24-19-38)53-16-12-42(36-66-53)44-15-17-54(74)68-57(44)77/h1-7,12-14,16,32-33,36,38-40,44,48H,8-11,15,17-31,34,37H2,(H,65,76)(H,67,75)(H,68,74,77)/t39?,40?,44?,48-/m0/s1. The minimum atomic E-state index is -3.58. The number of benzene rings is 3. The molecule has 6 amide bonds. The number of carbonyl (C=O) groups excluding carboxylic acids is 6. The molecule has 2 aromatic heterocycles. The summed E-state index contributed by atoms with van der Waals surface area (Å²) in [5.41, 5.74) is 1.05. The Morgan fingerprint density at radius 3 is 2.28 bits per heavy atom. The molecule has 1 spiro atoms. The van der Waals surface area contributed by atoms with E-state index in [-0.39, 0.29) is 115 Å². The summed E-state index contributed by atoms with van der Waals surface area (Å²) in [6.45, 7) is 6.26. The molecule has 8 heterocycles. The summed E-state index contributed by atoms with van der Waals surface area (Å²) in [6.07, 6.45) is 6.84. The van der Waals surface area contributed by atoms with E-state index in [4.69, 9.17) is 9.47 Å². The van der Waals surface area contributed by atoms with Gasteiger partial charge >= 0.3 is 6.05 Å². The van der Waals surface area contributed by atoms with Gasteiger partial charge in [-0.1, -0.05) is 30.3 Å². The summed E-state index contributed by atoms with van der Waals surface area (Å²) in [5, 5.41) is 18.5. The monoisotopic (exact) mass is 1100 g/mol. The third kappa shape index (κ3) is 10.4. The lowest BCUT2D eigenvalue weighted by molar-refractivity contribution is -0.232. The number of likely N-dealkylation sites (tertiary alicyclic amines) is 1. The molecule has 1 unspecified atom stereocenters. The van der Waals surface area contributed by atoms with Gasteiger partial charge in [0.1, 0.15) is 23.9 Å². The number of alkyl halides is 2. The first-order chi connectivity index (χ1) is 39.3. The second kappa shape index (κ2) is 22.2. The zero-order valence-corrected chi connectivity index (χ0v) is 45.2. The maximum Gasteiger partial charge on any atom is 0.369 e. The van der Waals surface area contributed by atoms with Crippen molar-refractivity contribution in [2.24, 2.45) is 17.8 Å². The van der Waals surface area contributed by atoms with Crippen molar-refractivity contribution in [3.63, 3.8) is 0 Å². The van der Waals surface area contributed by atoms with E-state index >= 15 is 8.78 Å². The van der Waals surface area contributed by atoms with Gasteiger partial charge in [-0.15, -0.1) is 0 Å². The van der Waals surface area contributed by atoms with Crippen LogP contribution in [-0.2, 0) is 34.8 Å². The zero-order chi connectivity index (χ0) is 56.0. The van der Waals surface area contributed by atoms with E-state index in [1.807, 2.05) is 17.0 Å². The molecule has 4 saturated heterocycles. The number of amides is 6. The molecule has 20 heteroatoms. The molecule has 6 aliphatic heterocycles. The van der Waals surface area contributed by atoms with Crippen LogP contribution in [0.25, 0.3) is 22.2 Å². The SMILES string of the molecule is N#Cc1cccc2c1cc1n2C(F)(F)C2(CCN(C(=O)[C@H]3CC(=O)Nc4cc(OCCNC(=O)C5CCC(C(=O)N6CCN(CC7CCN(c8ccc(C9CCC(=O)NC9=O)cn8)CC7)CC6)CC5)ccc43)CC2)Oc2ccccc2-1. The lowest BCUT2D eigenvalue weighted by Gasteiger charge is -2.46. The van der Waals surface area contributed by atoms with Crippen LogP contribution in [0.15, 0.2) is 85.1 Å². The topological polar surface area (TPSA) is 212 Å². The number of anilines is 2. The maximum absolute atomic E-state index is 17.3. The van der Waals surface area contributed by atoms with E-state index in [1.165, 1.54) is 0 Å². The molecular weight excluding hydrogens is 1040 g/mol. The Hall–Kier alpha value is -7.92. The molecular formula is C61H66F2N10O8. The summed E-state index contributed by atoms with van der Waals surface area (Å²) in [6, 6.07) is 20.9. The number of nitriles is 1. The Labute approximate surface area is 468 Å². The zero-order valence-electron chi connectivity index (χ0n) is 45.2. The van der Waals surface area contributed by atoms with Gasteiger partial charge in [-0.2, -0.15) is 14.0 Å². The minimum Gasteiger partial charge on any atom is -0.492 e. The molecule has 1 aliphatic carbocycles. The number of carbonyl (C=O) groups is 6. The highest BCUT2D eigenvalue weighted by Gasteiger charge is 2.61. The van der Waals surface area contributed by atoms with Crippen molar-refractivity contribution in [1.29, 1.82) is 5.26 Å². The van der Waals surface area contributed by atoms with Crippen molar-refractivity contribution in [1.82, 2.24) is 34.9 Å². The van der Waals surface area contributed by atoms with Crippen LogP contribution in [0, 0.1) is 29.1 Å². The van der Waals surface area contributed by atoms with Gasteiger partial charge in [-0.05, 0) is 104 Å². The Morgan fingerprint density at radius 2 is 1.54 bits per heavy atom. The van der Waals surface area contributed by atoms with Gasteiger partial charge < -0.3 is 34.8 Å². The molecule has 3 aromatic carbocycles. The predicted molar refractivity (Wildman–Crippen MR) is 295 cm³/mol. The molecule has 5 fully saturated rings. The number of rotatable bonds is 11. The number of ether oxygens (including phenoxy) is 2. The lowest BCUT2D eigenvalue weighted by atomic mass is 9.81. The van der Waals surface area contributed by atoms with Gasteiger partial charge in [-0.3, -0.25) is 43.6 Å². The summed E-state index contributed by atoms with van der Waals surface area (Å²) in [5.74, 6) is -0.309. The number of pyridine rings is 1. The minimum absolute atomic E-state index is 0.0360. The first-order valence-corrected chi connectivity index (χ1v) is 28.7. The molecule has 0 radical (unpaired) electrons. The first kappa shape index (κ1) is 53.7. The summed E-state index contributed by atoms with van der Waals surface area (Å²) in [7, 11) is 0. The van der Waals surface area contributed by atoms with Gasteiger partial charge in [0.2, 0.25) is 35.4 Å². The Bertz CT molecular complexity index is 3310. The largest absolute Gasteiger partial charge is 0.492 e. The van der Waals surface area contributed by atoms with Crippen LogP contribution >= 0.6 is 0 Å². The van der Waals surface area contributed by atoms with Crippen LogP contribution < -0.4 is 30.3 Å². The first-order valence-electron chi connectivity index (χ1n) is 28.7. The Kier molecular flexibility index (Phi) is 14.7. The molecule has 1 saturated carbocycles. The van der Waals surface area contributed by atoms with E-state index in [1.54, 1.807) is 77.8 Å². The highest BCUT2D eigenvalue weighted by atomic mass is 19.3. The number of piperazine rings is 1. The average Bonchev–Trinajstić information content (AvgIpc) is 3.57. The molecule has 12 rings (SSSR count). The number of nitrogens with zero attached hydrogens (tertiary/aromatic N) is 7. The molecule has 81 heavy (non-hydrogen) atoms. The molecule has 422 valence electrons. The normalized spacial score (nSPS) is 23.7. The average molecular weight is 1110 g/mol. The summed E-state index contributed by atoms with van der Waals surface area (Å²) >= 11 is 0. The second-order valence-corrected chi connectivity index (χ2v) is 22.9. The van der Waals surface area contributed by atoms with E-state index in [9.17, 15) is 34.0 Å². The quantitative estimate of drug-likeness (QED) is 0.0913. The summed E-state index contributed by atoms with van der Waals surface area (Å²) < 4.78 is 48.0. The van der Waals surface area contributed by atoms with Gasteiger partial charge in [0.15, 0.2) is 5.60 Å². The fourth-order valence-electron chi connectivity index (χ4n) is 13.5. The number of aromatic nitrogens is 2. The molecule has 5 aromatic rings. The maximum atomic E-state index is 17.3. The van der Waals surface area contributed by atoms with Gasteiger partial charge in [-0.25, -0.2) is 4.98 Å². The fourth-order valence-corrected chi connectivity index (χ4v) is 13.5. The van der Waals surface area contributed by atoms with E-state index in [0.717, 1.165) is 61.5 Å². The number of imide groups is 1. The van der Waals surface area contributed by atoms with Crippen molar-refractivity contribution in [3.8, 4) is 28.8 Å². The number of hydrogen-bond acceptors (Lipinski definition) is 12. The fraction of sp³-hybridized carbons (Fsp3) is 0.475. The van der Waals surface area contributed by atoms with E-state index in [0.29, 0.717) is 91.2 Å².